The molecule has 2 N–H and O–H groups in total. The van der Waals surface area contributed by atoms with Crippen molar-refractivity contribution in [3.05, 3.63) is 65.2 Å². The van der Waals surface area contributed by atoms with Crippen molar-refractivity contribution >= 4 is 5.96 Å². The van der Waals surface area contributed by atoms with Crippen LogP contribution in [0.4, 0.5) is 8.78 Å². The minimum Gasteiger partial charge on any atom is -0.434 e. The molecule has 174 valence electrons. The molecule has 0 aromatic heterocycles. The summed E-state index contributed by atoms with van der Waals surface area (Å²) < 4.78 is 29.8. The van der Waals surface area contributed by atoms with Crippen LogP contribution in [0.5, 0.6) is 5.75 Å². The Morgan fingerprint density at radius 1 is 1.00 bits per heavy atom. The van der Waals surface area contributed by atoms with Crippen LogP contribution >= 0.6 is 0 Å². The zero-order valence-corrected chi connectivity index (χ0v) is 18.9. The predicted molar refractivity (Wildman–Crippen MR) is 124 cm³/mol. The molecule has 32 heavy (non-hydrogen) atoms. The number of benzene rings is 2. The first kappa shape index (κ1) is 23.9. The van der Waals surface area contributed by atoms with E-state index >= 15 is 0 Å². The van der Waals surface area contributed by atoms with E-state index < -0.39 is 6.61 Å². The molecular weight excluding hydrogens is 412 g/mol. The van der Waals surface area contributed by atoms with Crippen molar-refractivity contribution in [1.29, 1.82) is 0 Å². The molecule has 2 aromatic carbocycles. The Hall–Kier alpha value is -2.71. The van der Waals surface area contributed by atoms with E-state index in [1.165, 1.54) is 11.6 Å². The molecule has 0 spiro atoms. The van der Waals surface area contributed by atoms with Gasteiger partial charge >= 0.3 is 6.61 Å². The Morgan fingerprint density at radius 3 is 2.38 bits per heavy atom. The lowest BCUT2D eigenvalue weighted by molar-refractivity contribution is -0.0504. The number of hydrogen-bond acceptors (Lipinski definition) is 4. The number of hydrogen-bond donors (Lipinski definition) is 2. The number of ether oxygens (including phenoxy) is 1. The molecule has 0 aliphatic carbocycles. The summed E-state index contributed by atoms with van der Waals surface area (Å²) in [7, 11) is 2.17. The van der Waals surface area contributed by atoms with Crippen LogP contribution in [0.15, 0.2) is 53.5 Å². The highest BCUT2D eigenvalue weighted by Gasteiger charge is 2.13. The molecular formula is C24H33F2N5O. The van der Waals surface area contributed by atoms with Gasteiger partial charge in [0, 0.05) is 51.4 Å². The van der Waals surface area contributed by atoms with Gasteiger partial charge in [-0.2, -0.15) is 8.78 Å². The van der Waals surface area contributed by atoms with E-state index in [1.807, 2.05) is 6.92 Å². The maximum Gasteiger partial charge on any atom is 0.387 e. The number of piperazine rings is 1. The van der Waals surface area contributed by atoms with Crippen molar-refractivity contribution in [1.82, 2.24) is 20.4 Å². The van der Waals surface area contributed by atoms with Crippen molar-refractivity contribution in [3.63, 3.8) is 0 Å². The molecule has 1 aliphatic heterocycles. The van der Waals surface area contributed by atoms with Crippen LogP contribution in [0.2, 0.25) is 0 Å². The number of para-hydroxylation sites is 1. The van der Waals surface area contributed by atoms with Crippen molar-refractivity contribution in [3.8, 4) is 5.75 Å². The zero-order valence-electron chi connectivity index (χ0n) is 18.9. The second-order valence-corrected chi connectivity index (χ2v) is 7.93. The number of rotatable bonds is 9. The highest BCUT2D eigenvalue weighted by Crippen LogP contribution is 2.20. The third-order valence-corrected chi connectivity index (χ3v) is 5.42. The Labute approximate surface area is 189 Å². The minimum atomic E-state index is -2.85. The van der Waals surface area contributed by atoms with Crippen LogP contribution in [0.25, 0.3) is 0 Å². The van der Waals surface area contributed by atoms with Gasteiger partial charge in [0.25, 0.3) is 0 Å². The molecule has 3 rings (SSSR count). The lowest BCUT2D eigenvalue weighted by Crippen LogP contribution is -2.43. The van der Waals surface area contributed by atoms with Crippen molar-refractivity contribution in [2.75, 3.05) is 39.8 Å². The fourth-order valence-corrected chi connectivity index (χ4v) is 3.57. The van der Waals surface area contributed by atoms with E-state index in [9.17, 15) is 8.78 Å². The van der Waals surface area contributed by atoms with Gasteiger partial charge in [0.05, 0.1) is 6.54 Å². The van der Waals surface area contributed by atoms with Crippen LogP contribution in [0.1, 0.15) is 23.6 Å². The summed E-state index contributed by atoms with van der Waals surface area (Å²) in [5, 5.41) is 6.39. The summed E-state index contributed by atoms with van der Waals surface area (Å²) >= 11 is 0. The topological polar surface area (TPSA) is 52.1 Å². The molecule has 1 saturated heterocycles. The number of nitrogens with one attached hydrogen (secondary N) is 2. The smallest absolute Gasteiger partial charge is 0.387 e. The Bertz CT molecular complexity index is 852. The average Bonchev–Trinajstić information content (AvgIpc) is 2.79. The van der Waals surface area contributed by atoms with E-state index in [0.29, 0.717) is 31.2 Å². The zero-order chi connectivity index (χ0) is 22.8. The van der Waals surface area contributed by atoms with Gasteiger partial charge in [0.2, 0.25) is 0 Å². The molecule has 0 atom stereocenters. The number of likely N-dealkylation sites (N-methyl/N-ethyl adjacent to an activating group) is 1. The molecule has 0 saturated carbocycles. The van der Waals surface area contributed by atoms with Crippen LogP contribution in [0, 0.1) is 0 Å². The lowest BCUT2D eigenvalue weighted by atomic mass is 10.1. The maximum absolute atomic E-state index is 12.6. The van der Waals surface area contributed by atoms with Gasteiger partial charge in [0.1, 0.15) is 5.75 Å². The molecule has 0 unspecified atom stereocenters. The second-order valence-electron chi connectivity index (χ2n) is 7.93. The molecule has 1 aliphatic rings. The highest BCUT2D eigenvalue weighted by molar-refractivity contribution is 5.79. The standard InChI is InChI=1S/C24H33F2N5O/c1-3-27-24(29-17-21-6-4-5-7-22(21)32-23(25)26)28-16-19-8-10-20(11-9-19)18-31-14-12-30(2)13-15-31/h4-11,23H,3,12-18H2,1-2H3,(H2,27,28,29). The first-order valence-corrected chi connectivity index (χ1v) is 11.1. The van der Waals surface area contributed by atoms with Gasteiger partial charge in [-0.1, -0.05) is 42.5 Å². The summed E-state index contributed by atoms with van der Waals surface area (Å²) in [6, 6.07) is 15.3. The van der Waals surface area contributed by atoms with Crippen molar-refractivity contribution < 1.29 is 13.5 Å². The van der Waals surface area contributed by atoms with E-state index in [-0.39, 0.29) is 5.75 Å². The lowest BCUT2D eigenvalue weighted by Gasteiger charge is -2.32. The van der Waals surface area contributed by atoms with Gasteiger partial charge in [-0.15, -0.1) is 0 Å². The summed E-state index contributed by atoms with van der Waals surface area (Å²) in [5.41, 5.74) is 3.07. The van der Waals surface area contributed by atoms with E-state index in [4.69, 9.17) is 0 Å². The maximum atomic E-state index is 12.6. The first-order valence-electron chi connectivity index (χ1n) is 11.1. The molecule has 0 bridgehead atoms. The molecule has 1 heterocycles. The van der Waals surface area contributed by atoms with E-state index in [2.05, 4.69) is 61.5 Å². The highest BCUT2D eigenvalue weighted by atomic mass is 19.3. The normalized spacial score (nSPS) is 15.7. The Morgan fingerprint density at radius 2 is 1.69 bits per heavy atom. The largest absolute Gasteiger partial charge is 0.434 e. The summed E-state index contributed by atoms with van der Waals surface area (Å²) in [6.45, 7) is 6.11. The fraction of sp³-hybridized carbons (Fsp3) is 0.458. The van der Waals surface area contributed by atoms with Gasteiger partial charge in [-0.05, 0) is 31.2 Å². The van der Waals surface area contributed by atoms with Crippen LogP contribution in [-0.4, -0.2) is 62.1 Å². The minimum absolute atomic E-state index is 0.168. The van der Waals surface area contributed by atoms with Crippen molar-refractivity contribution in [2.45, 2.75) is 33.2 Å². The first-order chi connectivity index (χ1) is 15.5. The fourth-order valence-electron chi connectivity index (χ4n) is 3.57. The number of alkyl halides is 2. The van der Waals surface area contributed by atoms with Crippen LogP contribution in [0.3, 0.4) is 0 Å². The summed E-state index contributed by atoms with van der Waals surface area (Å²) in [5.74, 6) is 0.794. The Kier molecular flexibility index (Phi) is 9.25. The SMILES string of the molecule is CCNC(=NCc1ccc(CN2CCN(C)CC2)cc1)NCc1ccccc1OC(F)F. The van der Waals surface area contributed by atoms with Crippen LogP contribution < -0.4 is 15.4 Å². The predicted octanol–water partition coefficient (Wildman–Crippen LogP) is 3.29. The number of aliphatic imine (C=N–C) groups is 1. The van der Waals surface area contributed by atoms with E-state index in [0.717, 1.165) is 38.3 Å². The van der Waals surface area contributed by atoms with Crippen LogP contribution in [-0.2, 0) is 19.6 Å². The molecule has 8 heteroatoms. The number of halogens is 2. The van der Waals surface area contributed by atoms with Gasteiger partial charge in [-0.25, -0.2) is 4.99 Å². The summed E-state index contributed by atoms with van der Waals surface area (Å²) in [6.07, 6.45) is 0. The second kappa shape index (κ2) is 12.4. The third-order valence-electron chi connectivity index (χ3n) is 5.42. The number of nitrogens with zero attached hydrogens (tertiary/aromatic N) is 3. The van der Waals surface area contributed by atoms with E-state index in [1.54, 1.807) is 18.2 Å². The third kappa shape index (κ3) is 7.76. The average molecular weight is 446 g/mol. The monoisotopic (exact) mass is 445 g/mol. The molecule has 1 fully saturated rings. The molecule has 0 amide bonds. The van der Waals surface area contributed by atoms with Gasteiger partial charge in [-0.3, -0.25) is 4.90 Å². The Balaban J connectivity index is 1.54. The molecule has 0 radical (unpaired) electrons. The van der Waals surface area contributed by atoms with Crippen molar-refractivity contribution in [2.24, 2.45) is 4.99 Å². The molecule has 6 nitrogen and oxygen atoms in total. The quantitative estimate of drug-likeness (QED) is 0.458. The molecule has 2 aromatic rings. The van der Waals surface area contributed by atoms with Gasteiger partial charge < -0.3 is 20.3 Å². The number of guanidine groups is 1. The van der Waals surface area contributed by atoms with Gasteiger partial charge in [0.15, 0.2) is 5.96 Å². The summed E-state index contributed by atoms with van der Waals surface area (Å²) in [4.78, 5) is 9.47.